The lowest BCUT2D eigenvalue weighted by Gasteiger charge is -2.18. The van der Waals surface area contributed by atoms with Gasteiger partial charge in [0.2, 0.25) is 10.0 Å². The summed E-state index contributed by atoms with van der Waals surface area (Å²) in [6.07, 6.45) is 0.383. The fraction of sp³-hybridized carbons (Fsp3) is 0.200. The van der Waals surface area contributed by atoms with E-state index in [1.54, 1.807) is 24.3 Å². The van der Waals surface area contributed by atoms with Crippen molar-refractivity contribution in [1.82, 2.24) is 14.3 Å². The number of nitrogen functional groups attached to an aromatic ring is 1. The van der Waals surface area contributed by atoms with Crippen molar-refractivity contribution in [1.29, 1.82) is 0 Å². The van der Waals surface area contributed by atoms with Crippen molar-refractivity contribution in [3.63, 3.8) is 0 Å². The standard InChI is InChI=1S/C20H19FN4O4S.2H2S/c21-15-7-12(5-6-14(15)16-8-24-20(22)9-23-16)13-3-1-2-4-19(13)30(28,29)25-10-17(26)18(27)11-25;;/h1-9,17-18,26-27H,10-11H2,(H2,22,24);2*1H2/t17-,18-;;/m0../s1. The molecule has 3 aromatic rings. The molecule has 0 amide bonds. The molecule has 4 N–H and O–H groups in total. The van der Waals surface area contributed by atoms with Gasteiger partial charge in [-0.3, -0.25) is 4.98 Å². The van der Waals surface area contributed by atoms with Gasteiger partial charge in [-0.15, -0.1) is 0 Å². The zero-order valence-corrected chi connectivity index (χ0v) is 19.5. The fourth-order valence-electron chi connectivity index (χ4n) is 3.37. The first-order valence-electron chi connectivity index (χ1n) is 9.10. The van der Waals surface area contributed by atoms with Gasteiger partial charge in [-0.1, -0.05) is 24.3 Å². The summed E-state index contributed by atoms with van der Waals surface area (Å²) in [5, 5.41) is 19.5. The molecule has 1 aliphatic heterocycles. The van der Waals surface area contributed by atoms with Crippen LogP contribution in [0.25, 0.3) is 22.4 Å². The van der Waals surface area contributed by atoms with Gasteiger partial charge in [0.05, 0.1) is 35.2 Å². The number of aliphatic hydroxyl groups is 2. The number of nitrogens with two attached hydrogens (primary N) is 1. The molecule has 0 unspecified atom stereocenters. The highest BCUT2D eigenvalue weighted by Gasteiger charge is 2.38. The van der Waals surface area contributed by atoms with E-state index >= 15 is 0 Å². The molecule has 4 rings (SSSR count). The van der Waals surface area contributed by atoms with E-state index < -0.39 is 28.0 Å². The molecule has 2 heterocycles. The van der Waals surface area contributed by atoms with Gasteiger partial charge in [-0.2, -0.15) is 31.3 Å². The monoisotopic (exact) mass is 498 g/mol. The average molecular weight is 499 g/mol. The summed E-state index contributed by atoms with van der Waals surface area (Å²) >= 11 is 0. The van der Waals surface area contributed by atoms with Crippen LogP contribution in [0, 0.1) is 5.82 Å². The summed E-state index contributed by atoms with van der Waals surface area (Å²) in [5.74, 6) is -0.377. The van der Waals surface area contributed by atoms with Crippen molar-refractivity contribution in [3.8, 4) is 22.4 Å². The zero-order valence-electron chi connectivity index (χ0n) is 16.7. The maximum Gasteiger partial charge on any atom is 0.243 e. The highest BCUT2D eigenvalue weighted by Crippen LogP contribution is 2.33. The molecule has 8 nitrogen and oxygen atoms in total. The number of benzene rings is 2. The van der Waals surface area contributed by atoms with Crippen LogP contribution in [0.1, 0.15) is 0 Å². The van der Waals surface area contributed by atoms with Crippen LogP contribution in [0.5, 0.6) is 0 Å². The third kappa shape index (κ3) is 4.90. The lowest BCUT2D eigenvalue weighted by molar-refractivity contribution is 0.0572. The van der Waals surface area contributed by atoms with E-state index in [-0.39, 0.29) is 56.4 Å². The first kappa shape index (κ1) is 26.0. The van der Waals surface area contributed by atoms with Crippen molar-refractivity contribution in [2.45, 2.75) is 17.1 Å². The lowest BCUT2D eigenvalue weighted by Crippen LogP contribution is -2.30. The van der Waals surface area contributed by atoms with Crippen molar-refractivity contribution < 1.29 is 23.0 Å². The lowest BCUT2D eigenvalue weighted by atomic mass is 10.0. The van der Waals surface area contributed by atoms with Crippen molar-refractivity contribution in [3.05, 3.63) is 60.7 Å². The van der Waals surface area contributed by atoms with Gasteiger partial charge in [-0.05, 0) is 23.8 Å². The van der Waals surface area contributed by atoms with Crippen LogP contribution >= 0.6 is 27.0 Å². The highest BCUT2D eigenvalue weighted by atomic mass is 32.2. The Labute approximate surface area is 198 Å². The second kappa shape index (κ2) is 10.1. The number of aromatic nitrogens is 2. The second-order valence-electron chi connectivity index (χ2n) is 6.97. The second-order valence-corrected chi connectivity index (χ2v) is 8.88. The quantitative estimate of drug-likeness (QED) is 0.497. The summed E-state index contributed by atoms with van der Waals surface area (Å²) in [6.45, 7) is -0.415. The SMILES string of the molecule is Nc1cnc(-c2ccc(-c3ccccc3S(=O)(=O)N3C[C@H](O)[C@@H](O)C3)cc2F)cn1.S.S. The minimum absolute atomic E-state index is 0. The average Bonchev–Trinajstić information content (AvgIpc) is 3.08. The third-order valence-electron chi connectivity index (χ3n) is 4.96. The largest absolute Gasteiger partial charge is 0.389 e. The molecule has 0 aliphatic carbocycles. The van der Waals surface area contributed by atoms with Crippen LogP contribution in [0.2, 0.25) is 0 Å². The van der Waals surface area contributed by atoms with E-state index in [1.807, 2.05) is 0 Å². The normalized spacial score (nSPS) is 18.6. The molecule has 1 fully saturated rings. The molecule has 1 saturated heterocycles. The number of aliphatic hydroxyl groups excluding tert-OH is 2. The Morgan fingerprint density at radius 1 is 0.969 bits per heavy atom. The van der Waals surface area contributed by atoms with E-state index in [9.17, 15) is 23.0 Å². The van der Waals surface area contributed by atoms with Crippen molar-refractivity contribution in [2.75, 3.05) is 18.8 Å². The van der Waals surface area contributed by atoms with Crippen LogP contribution in [0.3, 0.4) is 0 Å². The topological polar surface area (TPSA) is 130 Å². The van der Waals surface area contributed by atoms with Gasteiger partial charge in [0.25, 0.3) is 0 Å². The number of hydrogen-bond donors (Lipinski definition) is 3. The number of hydrogen-bond acceptors (Lipinski definition) is 7. The van der Waals surface area contributed by atoms with Gasteiger partial charge < -0.3 is 15.9 Å². The van der Waals surface area contributed by atoms with E-state index in [2.05, 4.69) is 9.97 Å². The maximum atomic E-state index is 14.8. The zero-order chi connectivity index (χ0) is 21.5. The smallest absolute Gasteiger partial charge is 0.243 e. The van der Waals surface area contributed by atoms with Crippen LogP contribution in [-0.4, -0.2) is 58.2 Å². The maximum absolute atomic E-state index is 14.8. The van der Waals surface area contributed by atoms with Crippen LogP contribution < -0.4 is 5.73 Å². The summed E-state index contributed by atoms with van der Waals surface area (Å²) in [4.78, 5) is 7.92. The molecule has 1 aliphatic rings. The Morgan fingerprint density at radius 2 is 1.62 bits per heavy atom. The molecule has 0 bridgehead atoms. The molecule has 2 aromatic carbocycles. The predicted molar refractivity (Wildman–Crippen MR) is 129 cm³/mol. The molecule has 2 atom stereocenters. The van der Waals surface area contributed by atoms with Gasteiger partial charge in [0.15, 0.2) is 0 Å². The predicted octanol–water partition coefficient (Wildman–Crippen LogP) is 1.48. The Hall–Kier alpha value is -2.22. The highest BCUT2D eigenvalue weighted by molar-refractivity contribution is 7.89. The number of nitrogens with zero attached hydrogens (tertiary/aromatic N) is 3. The molecular weight excluding hydrogens is 475 g/mol. The fourth-order valence-corrected chi connectivity index (χ4v) is 5.06. The Kier molecular flexibility index (Phi) is 8.26. The number of anilines is 1. The van der Waals surface area contributed by atoms with Gasteiger partial charge >= 0.3 is 0 Å². The summed E-state index contributed by atoms with van der Waals surface area (Å²) in [5.41, 5.74) is 6.68. The van der Waals surface area contributed by atoms with Crippen molar-refractivity contribution in [2.24, 2.45) is 0 Å². The van der Waals surface area contributed by atoms with Crippen LogP contribution in [0.15, 0.2) is 59.8 Å². The Balaban J connectivity index is 0.00000181. The third-order valence-corrected chi connectivity index (χ3v) is 6.85. The molecule has 12 heteroatoms. The first-order chi connectivity index (χ1) is 14.3. The number of β-amino-alcohol motifs (C(OH)–C–C–N with tert-alkyl or cyclic N) is 2. The van der Waals surface area contributed by atoms with Gasteiger partial charge in [0, 0.05) is 24.2 Å². The first-order valence-corrected chi connectivity index (χ1v) is 10.5. The number of rotatable bonds is 4. The molecule has 0 saturated carbocycles. The van der Waals surface area contributed by atoms with E-state index in [0.717, 1.165) is 4.31 Å². The van der Waals surface area contributed by atoms with E-state index in [4.69, 9.17) is 5.73 Å². The summed E-state index contributed by atoms with van der Waals surface area (Å²) in [7, 11) is -4.01. The van der Waals surface area contributed by atoms with Crippen molar-refractivity contribution >= 4 is 42.8 Å². The van der Waals surface area contributed by atoms with E-state index in [1.165, 1.54) is 30.6 Å². The minimum Gasteiger partial charge on any atom is -0.389 e. The van der Waals surface area contributed by atoms with Gasteiger partial charge in [0.1, 0.15) is 11.6 Å². The summed E-state index contributed by atoms with van der Waals surface area (Å²) in [6, 6.07) is 10.5. The molecule has 1 aromatic heterocycles. The molecule has 32 heavy (non-hydrogen) atoms. The van der Waals surface area contributed by atoms with Crippen LogP contribution in [0.4, 0.5) is 10.2 Å². The van der Waals surface area contributed by atoms with Gasteiger partial charge in [-0.25, -0.2) is 17.8 Å². The Morgan fingerprint density at radius 3 is 2.22 bits per heavy atom. The van der Waals surface area contributed by atoms with E-state index in [0.29, 0.717) is 16.8 Å². The Bertz CT molecular complexity index is 1190. The summed E-state index contributed by atoms with van der Waals surface area (Å²) < 4.78 is 42.1. The number of sulfonamides is 1. The number of halogens is 1. The molecular formula is C20H23FN4O4S3. The minimum atomic E-state index is -4.01. The molecule has 0 radical (unpaired) electrons. The molecule has 0 spiro atoms. The van der Waals surface area contributed by atoms with Crippen LogP contribution in [-0.2, 0) is 10.0 Å². The molecule has 172 valence electrons.